The summed E-state index contributed by atoms with van der Waals surface area (Å²) in [5.74, 6) is -1.90. The molecule has 6 heteroatoms. The Balaban J connectivity index is 3.02. The van der Waals surface area contributed by atoms with E-state index >= 15 is 0 Å². The van der Waals surface area contributed by atoms with Gasteiger partial charge in [-0.25, -0.2) is 4.39 Å². The highest BCUT2D eigenvalue weighted by Gasteiger charge is 2.16. The van der Waals surface area contributed by atoms with E-state index in [2.05, 4.69) is 20.7 Å². The van der Waals surface area contributed by atoms with E-state index in [1.807, 2.05) is 0 Å². The van der Waals surface area contributed by atoms with Crippen LogP contribution < -0.4 is 4.74 Å². The van der Waals surface area contributed by atoms with Crippen molar-refractivity contribution in [1.29, 1.82) is 0 Å². The topological polar surface area (TPSA) is 26.3 Å². The van der Waals surface area contributed by atoms with Gasteiger partial charge in [-0.1, -0.05) is 15.9 Å². The second-order valence-corrected chi connectivity index (χ2v) is 4.38. The zero-order valence-corrected chi connectivity index (χ0v) is 9.80. The number of rotatable bonds is 4. The highest BCUT2D eigenvalue weighted by atomic mass is 79.9. The number of hydrogen-bond acceptors (Lipinski definition) is 2. The summed E-state index contributed by atoms with van der Waals surface area (Å²) in [4.78, 5) is 11.0. The summed E-state index contributed by atoms with van der Waals surface area (Å²) in [5, 5.41) is 0. The summed E-state index contributed by atoms with van der Waals surface area (Å²) < 4.78 is 40.8. The highest BCUT2D eigenvalue weighted by Crippen LogP contribution is 2.22. The molecule has 0 aliphatic rings. The van der Waals surface area contributed by atoms with Gasteiger partial charge in [0.05, 0.1) is 4.83 Å². The van der Waals surface area contributed by atoms with Crippen molar-refractivity contribution in [3.05, 3.63) is 29.6 Å². The first-order valence-electron chi connectivity index (χ1n) is 4.34. The van der Waals surface area contributed by atoms with Crippen LogP contribution in [0.5, 0.6) is 5.75 Å². The fourth-order valence-electron chi connectivity index (χ4n) is 1.07. The molecule has 0 saturated heterocycles. The summed E-state index contributed by atoms with van der Waals surface area (Å²) in [7, 11) is 0. The summed E-state index contributed by atoms with van der Waals surface area (Å²) in [6.45, 7) is -1.54. The highest BCUT2D eigenvalue weighted by molar-refractivity contribution is 9.10. The smallest absolute Gasteiger partial charge is 0.387 e. The molecule has 0 N–H and O–H groups in total. The first-order chi connectivity index (χ1) is 7.41. The number of Topliss-reactive ketones (excluding diaryl/α,β-unsaturated/α-hetero) is 1. The lowest BCUT2D eigenvalue weighted by Crippen LogP contribution is -2.11. The Bertz CT molecular complexity index is 394. The van der Waals surface area contributed by atoms with E-state index in [0.717, 1.165) is 12.1 Å². The molecule has 0 heterocycles. The minimum atomic E-state index is -3.12. The molecule has 0 amide bonds. The molecule has 16 heavy (non-hydrogen) atoms. The minimum absolute atomic E-state index is 0.112. The lowest BCUT2D eigenvalue weighted by atomic mass is 10.1. The number of carbonyl (C=O) groups excluding carboxylic acids is 1. The third-order valence-corrected chi connectivity index (χ3v) is 2.21. The molecule has 0 saturated carbocycles. The van der Waals surface area contributed by atoms with Crippen LogP contribution in [0.1, 0.15) is 17.3 Å². The number of ether oxygens (including phenoxy) is 1. The van der Waals surface area contributed by atoms with Crippen LogP contribution in [0.4, 0.5) is 13.2 Å². The van der Waals surface area contributed by atoms with Crippen LogP contribution in [0.3, 0.4) is 0 Å². The summed E-state index contributed by atoms with van der Waals surface area (Å²) in [5.41, 5.74) is 0.112. The predicted octanol–water partition coefficient (Wildman–Crippen LogP) is 3.39. The molecule has 0 fully saturated rings. The zero-order chi connectivity index (χ0) is 12.3. The lowest BCUT2D eigenvalue weighted by molar-refractivity contribution is -0.0522. The van der Waals surface area contributed by atoms with Crippen LogP contribution >= 0.6 is 15.9 Å². The Morgan fingerprint density at radius 3 is 2.56 bits per heavy atom. The Labute approximate surface area is 98.5 Å². The van der Waals surface area contributed by atoms with Crippen LogP contribution in [0.15, 0.2) is 18.2 Å². The van der Waals surface area contributed by atoms with Crippen LogP contribution in [0.2, 0.25) is 0 Å². The number of alkyl halides is 3. The molecule has 0 spiro atoms. The fraction of sp³-hybridized carbons (Fsp3) is 0.300. The average molecular weight is 297 g/mol. The molecule has 0 bridgehead atoms. The maximum absolute atomic E-state index is 13.0. The van der Waals surface area contributed by atoms with Gasteiger partial charge in [0.25, 0.3) is 0 Å². The van der Waals surface area contributed by atoms with E-state index in [1.54, 1.807) is 6.92 Å². The maximum atomic E-state index is 13.0. The SMILES string of the molecule is CC(Br)C(=O)c1ccc(F)c(OC(F)F)c1. The lowest BCUT2D eigenvalue weighted by Gasteiger charge is -2.08. The van der Waals surface area contributed by atoms with Gasteiger partial charge in [0.15, 0.2) is 17.3 Å². The molecule has 0 aliphatic heterocycles. The standard InChI is InChI=1S/C10H8BrF3O2/c1-5(11)9(15)6-2-3-7(12)8(4-6)16-10(13)14/h2-5,10H,1H3. The molecule has 1 rings (SSSR count). The molecule has 1 aromatic rings. The van der Waals surface area contributed by atoms with Gasteiger partial charge in [0, 0.05) is 5.56 Å². The maximum Gasteiger partial charge on any atom is 0.387 e. The number of halogens is 4. The van der Waals surface area contributed by atoms with Gasteiger partial charge >= 0.3 is 6.61 Å². The molecule has 2 nitrogen and oxygen atoms in total. The predicted molar refractivity (Wildman–Crippen MR) is 55.8 cm³/mol. The summed E-state index contributed by atoms with van der Waals surface area (Å²) in [6.07, 6.45) is 0. The van der Waals surface area contributed by atoms with E-state index in [0.29, 0.717) is 0 Å². The van der Waals surface area contributed by atoms with E-state index in [4.69, 9.17) is 0 Å². The monoisotopic (exact) mass is 296 g/mol. The minimum Gasteiger partial charge on any atom is -0.432 e. The van der Waals surface area contributed by atoms with E-state index in [1.165, 1.54) is 6.07 Å². The number of benzene rings is 1. The third kappa shape index (κ3) is 3.23. The number of carbonyl (C=O) groups is 1. The molecular weight excluding hydrogens is 289 g/mol. The molecule has 1 aromatic carbocycles. The van der Waals surface area contributed by atoms with Gasteiger partial charge < -0.3 is 4.74 Å². The average Bonchev–Trinajstić information content (AvgIpc) is 2.19. The number of hydrogen-bond donors (Lipinski definition) is 0. The molecule has 0 aliphatic carbocycles. The number of ketones is 1. The van der Waals surface area contributed by atoms with Crippen molar-refractivity contribution in [2.75, 3.05) is 0 Å². The molecule has 0 radical (unpaired) electrons. The van der Waals surface area contributed by atoms with Gasteiger partial charge in [-0.3, -0.25) is 4.79 Å². The Hall–Kier alpha value is -1.04. The largest absolute Gasteiger partial charge is 0.432 e. The van der Waals surface area contributed by atoms with Crippen molar-refractivity contribution in [2.45, 2.75) is 18.4 Å². The van der Waals surface area contributed by atoms with Crippen LogP contribution in [0.25, 0.3) is 0 Å². The van der Waals surface area contributed by atoms with Crippen molar-refractivity contribution in [3.8, 4) is 5.75 Å². The second kappa shape index (κ2) is 5.34. The summed E-state index contributed by atoms with van der Waals surface area (Å²) in [6, 6.07) is 3.09. The molecule has 88 valence electrons. The first-order valence-corrected chi connectivity index (χ1v) is 5.26. The van der Waals surface area contributed by atoms with E-state index in [9.17, 15) is 18.0 Å². The molecule has 1 atom stereocenters. The van der Waals surface area contributed by atoms with Crippen molar-refractivity contribution in [3.63, 3.8) is 0 Å². The molecule has 0 aromatic heterocycles. The zero-order valence-electron chi connectivity index (χ0n) is 8.22. The van der Waals surface area contributed by atoms with Crippen molar-refractivity contribution < 1.29 is 22.7 Å². The molecule has 1 unspecified atom stereocenters. The van der Waals surface area contributed by atoms with E-state index < -0.39 is 23.0 Å². The van der Waals surface area contributed by atoms with Crippen LogP contribution in [-0.2, 0) is 0 Å². The van der Waals surface area contributed by atoms with Crippen molar-refractivity contribution >= 4 is 21.7 Å². The van der Waals surface area contributed by atoms with Gasteiger partial charge in [-0.2, -0.15) is 8.78 Å². The first kappa shape index (κ1) is 13.0. The van der Waals surface area contributed by atoms with Gasteiger partial charge in [0.2, 0.25) is 0 Å². The van der Waals surface area contributed by atoms with Crippen molar-refractivity contribution in [2.24, 2.45) is 0 Å². The Morgan fingerprint density at radius 2 is 2.06 bits per heavy atom. The van der Waals surface area contributed by atoms with Gasteiger partial charge in [-0.15, -0.1) is 0 Å². The quantitative estimate of drug-likeness (QED) is 0.629. The second-order valence-electron chi connectivity index (χ2n) is 3.00. The Morgan fingerprint density at radius 1 is 1.44 bits per heavy atom. The van der Waals surface area contributed by atoms with E-state index in [-0.39, 0.29) is 11.3 Å². The normalized spacial score (nSPS) is 12.6. The van der Waals surface area contributed by atoms with Gasteiger partial charge in [-0.05, 0) is 25.1 Å². The van der Waals surface area contributed by atoms with Gasteiger partial charge in [0.1, 0.15) is 0 Å². The van der Waals surface area contributed by atoms with Crippen LogP contribution in [-0.4, -0.2) is 17.2 Å². The molecular formula is C10H8BrF3O2. The van der Waals surface area contributed by atoms with Crippen molar-refractivity contribution in [1.82, 2.24) is 0 Å². The summed E-state index contributed by atoms with van der Waals surface area (Å²) >= 11 is 3.04. The fourth-order valence-corrected chi connectivity index (χ4v) is 1.34. The Kier molecular flexibility index (Phi) is 4.35. The third-order valence-electron chi connectivity index (χ3n) is 1.79. The van der Waals surface area contributed by atoms with Crippen LogP contribution in [0, 0.1) is 5.82 Å².